The van der Waals surface area contributed by atoms with Gasteiger partial charge < -0.3 is 9.84 Å². The first-order chi connectivity index (χ1) is 7.76. The van der Waals surface area contributed by atoms with Gasteiger partial charge in [0.05, 0.1) is 11.7 Å². The van der Waals surface area contributed by atoms with E-state index in [1.165, 1.54) is 12.8 Å². The zero-order valence-corrected chi connectivity index (χ0v) is 9.48. The number of hydrogen-bond donors (Lipinski definition) is 1. The Bertz CT molecular complexity index is 359. The van der Waals surface area contributed by atoms with Gasteiger partial charge in [0.2, 0.25) is 0 Å². The maximum atomic E-state index is 10.4. The second kappa shape index (κ2) is 3.77. The summed E-state index contributed by atoms with van der Waals surface area (Å²) in [6, 6.07) is 8.01. The van der Waals surface area contributed by atoms with Crippen LogP contribution in [0.3, 0.4) is 0 Å². The summed E-state index contributed by atoms with van der Waals surface area (Å²) in [5, 5.41) is 10.4. The summed E-state index contributed by atoms with van der Waals surface area (Å²) < 4.78 is 5.69. The van der Waals surface area contributed by atoms with Gasteiger partial charge in [-0.3, -0.25) is 0 Å². The van der Waals surface area contributed by atoms with Gasteiger partial charge in [0.25, 0.3) is 0 Å². The van der Waals surface area contributed by atoms with Crippen molar-refractivity contribution in [3.05, 3.63) is 29.8 Å². The summed E-state index contributed by atoms with van der Waals surface area (Å²) >= 11 is 0. The molecule has 0 radical (unpaired) electrons. The van der Waals surface area contributed by atoms with Gasteiger partial charge in [-0.15, -0.1) is 0 Å². The summed E-state index contributed by atoms with van der Waals surface area (Å²) in [6.45, 7) is 0. The molecule has 2 aliphatic carbocycles. The fourth-order valence-corrected chi connectivity index (χ4v) is 2.47. The lowest BCUT2D eigenvalue weighted by molar-refractivity contribution is 0.0444. The second-order valence-corrected chi connectivity index (χ2v) is 5.08. The van der Waals surface area contributed by atoms with E-state index in [1.807, 2.05) is 24.3 Å². The van der Waals surface area contributed by atoms with Gasteiger partial charge in [0.15, 0.2) is 0 Å². The molecule has 0 aliphatic heterocycles. The predicted octanol–water partition coefficient (Wildman–Crippen LogP) is 2.99. The SMILES string of the molecule is OC1(c2ccc(OC3CC3)cc2)CCCC1. The molecule has 3 rings (SSSR count). The van der Waals surface area contributed by atoms with E-state index >= 15 is 0 Å². The molecule has 2 aliphatic rings. The lowest BCUT2D eigenvalue weighted by Crippen LogP contribution is -2.20. The fourth-order valence-electron chi connectivity index (χ4n) is 2.47. The first-order valence-corrected chi connectivity index (χ1v) is 6.26. The molecule has 0 heterocycles. The lowest BCUT2D eigenvalue weighted by Gasteiger charge is -2.22. The maximum Gasteiger partial charge on any atom is 0.119 e. The molecule has 16 heavy (non-hydrogen) atoms. The third kappa shape index (κ3) is 1.94. The highest BCUT2D eigenvalue weighted by molar-refractivity contribution is 5.31. The molecular weight excluding hydrogens is 200 g/mol. The van der Waals surface area contributed by atoms with Gasteiger partial charge in [-0.05, 0) is 43.4 Å². The molecule has 2 heteroatoms. The summed E-state index contributed by atoms with van der Waals surface area (Å²) in [4.78, 5) is 0. The molecule has 0 bridgehead atoms. The third-order valence-corrected chi connectivity index (χ3v) is 3.65. The van der Waals surface area contributed by atoms with Crippen LogP contribution < -0.4 is 4.74 Å². The van der Waals surface area contributed by atoms with Crippen LogP contribution in [0.4, 0.5) is 0 Å². The van der Waals surface area contributed by atoms with Crippen LogP contribution in [-0.4, -0.2) is 11.2 Å². The Kier molecular flexibility index (Phi) is 2.40. The Hall–Kier alpha value is -1.02. The highest BCUT2D eigenvalue weighted by Crippen LogP contribution is 2.39. The van der Waals surface area contributed by atoms with E-state index in [9.17, 15) is 5.11 Å². The van der Waals surface area contributed by atoms with Crippen molar-refractivity contribution >= 4 is 0 Å². The average molecular weight is 218 g/mol. The molecule has 0 aromatic heterocycles. The minimum absolute atomic E-state index is 0.445. The van der Waals surface area contributed by atoms with E-state index in [-0.39, 0.29) is 0 Å². The third-order valence-electron chi connectivity index (χ3n) is 3.65. The van der Waals surface area contributed by atoms with Crippen molar-refractivity contribution in [3.63, 3.8) is 0 Å². The molecular formula is C14H18O2. The second-order valence-electron chi connectivity index (χ2n) is 5.08. The largest absolute Gasteiger partial charge is 0.490 e. The van der Waals surface area contributed by atoms with Crippen molar-refractivity contribution in [2.24, 2.45) is 0 Å². The van der Waals surface area contributed by atoms with Crippen molar-refractivity contribution in [2.45, 2.75) is 50.2 Å². The summed E-state index contributed by atoms with van der Waals surface area (Å²) in [6.07, 6.45) is 6.89. The molecule has 0 saturated heterocycles. The predicted molar refractivity (Wildman–Crippen MR) is 62.5 cm³/mol. The molecule has 1 aromatic carbocycles. The normalized spacial score (nSPS) is 23.3. The Balaban J connectivity index is 1.75. The van der Waals surface area contributed by atoms with Crippen LogP contribution in [0.1, 0.15) is 44.1 Å². The van der Waals surface area contributed by atoms with Crippen molar-refractivity contribution in [2.75, 3.05) is 0 Å². The van der Waals surface area contributed by atoms with Crippen molar-refractivity contribution in [3.8, 4) is 5.75 Å². The van der Waals surface area contributed by atoms with Gasteiger partial charge in [-0.25, -0.2) is 0 Å². The first kappa shape index (κ1) is 10.2. The average Bonchev–Trinajstić information content (AvgIpc) is 3.00. The first-order valence-electron chi connectivity index (χ1n) is 6.26. The molecule has 2 fully saturated rings. The van der Waals surface area contributed by atoms with E-state index in [2.05, 4.69) is 0 Å². The van der Waals surface area contributed by atoms with E-state index in [4.69, 9.17) is 4.74 Å². The standard InChI is InChI=1S/C14H18O2/c15-14(9-1-2-10-14)11-3-5-12(6-4-11)16-13-7-8-13/h3-6,13,15H,1-2,7-10H2. The highest BCUT2D eigenvalue weighted by atomic mass is 16.5. The van der Waals surface area contributed by atoms with Crippen molar-refractivity contribution < 1.29 is 9.84 Å². The minimum Gasteiger partial charge on any atom is -0.490 e. The van der Waals surface area contributed by atoms with Gasteiger partial charge in [0, 0.05) is 0 Å². The van der Waals surface area contributed by atoms with Crippen LogP contribution in [0.25, 0.3) is 0 Å². The zero-order chi connectivity index (χ0) is 11.0. The Labute approximate surface area is 96.2 Å². The Morgan fingerprint density at radius 3 is 2.25 bits per heavy atom. The molecule has 0 unspecified atom stereocenters. The van der Waals surface area contributed by atoms with Crippen LogP contribution in [0, 0.1) is 0 Å². The van der Waals surface area contributed by atoms with E-state index < -0.39 is 5.60 Å². The molecule has 2 saturated carbocycles. The Morgan fingerprint density at radius 2 is 1.69 bits per heavy atom. The number of ether oxygens (including phenoxy) is 1. The van der Waals surface area contributed by atoms with E-state index in [0.29, 0.717) is 6.10 Å². The van der Waals surface area contributed by atoms with Crippen LogP contribution in [0.15, 0.2) is 24.3 Å². The van der Waals surface area contributed by atoms with Crippen molar-refractivity contribution in [1.29, 1.82) is 0 Å². The van der Waals surface area contributed by atoms with Gasteiger partial charge in [0.1, 0.15) is 5.75 Å². The topological polar surface area (TPSA) is 29.5 Å². The van der Waals surface area contributed by atoms with Crippen LogP contribution in [0.5, 0.6) is 5.75 Å². The fraction of sp³-hybridized carbons (Fsp3) is 0.571. The van der Waals surface area contributed by atoms with Crippen LogP contribution in [0.2, 0.25) is 0 Å². The summed E-state index contributed by atoms with van der Waals surface area (Å²) in [5.74, 6) is 0.938. The number of benzene rings is 1. The molecule has 0 spiro atoms. The highest BCUT2D eigenvalue weighted by Gasteiger charge is 2.32. The quantitative estimate of drug-likeness (QED) is 0.845. The number of hydrogen-bond acceptors (Lipinski definition) is 2. The van der Waals surface area contributed by atoms with E-state index in [1.54, 1.807) is 0 Å². The molecule has 0 amide bonds. The molecule has 0 atom stereocenters. The maximum absolute atomic E-state index is 10.4. The van der Waals surface area contributed by atoms with Crippen LogP contribution in [-0.2, 0) is 5.60 Å². The number of aliphatic hydroxyl groups is 1. The number of rotatable bonds is 3. The lowest BCUT2D eigenvalue weighted by atomic mass is 9.92. The minimum atomic E-state index is -0.571. The summed E-state index contributed by atoms with van der Waals surface area (Å²) in [7, 11) is 0. The monoisotopic (exact) mass is 218 g/mol. The summed E-state index contributed by atoms with van der Waals surface area (Å²) in [5.41, 5.74) is 0.478. The van der Waals surface area contributed by atoms with Gasteiger partial charge >= 0.3 is 0 Å². The van der Waals surface area contributed by atoms with E-state index in [0.717, 1.165) is 37.0 Å². The van der Waals surface area contributed by atoms with Gasteiger partial charge in [-0.2, -0.15) is 0 Å². The molecule has 86 valence electrons. The van der Waals surface area contributed by atoms with Gasteiger partial charge in [-0.1, -0.05) is 25.0 Å². The molecule has 1 aromatic rings. The zero-order valence-electron chi connectivity index (χ0n) is 9.48. The Morgan fingerprint density at radius 1 is 1.06 bits per heavy atom. The molecule has 2 nitrogen and oxygen atoms in total. The van der Waals surface area contributed by atoms with Crippen molar-refractivity contribution in [1.82, 2.24) is 0 Å². The smallest absolute Gasteiger partial charge is 0.119 e. The molecule has 1 N–H and O–H groups in total. The van der Waals surface area contributed by atoms with Crippen LogP contribution >= 0.6 is 0 Å².